The highest BCUT2D eigenvalue weighted by Crippen LogP contribution is 2.52. The van der Waals surface area contributed by atoms with Crippen LogP contribution in [-0.4, -0.2) is 16.4 Å². The standard InChI is InChI=1S/C21H22O3S/c1-14-20(25(22)15-9-5-4-6-10-15)19-16-11-7-8-12-18(16)23-13-17(19)21(2,3)24-14/h4-12,17,19H,13H2,1-3H3/t17-,19+,25?/m0/s1. The molecule has 1 unspecified atom stereocenters. The van der Waals surface area contributed by atoms with Crippen molar-refractivity contribution in [1.82, 2.24) is 0 Å². The molecule has 0 fully saturated rings. The molecule has 0 amide bonds. The van der Waals surface area contributed by atoms with Crippen molar-refractivity contribution in [2.75, 3.05) is 6.61 Å². The number of fused-ring (bicyclic) bond motifs is 3. The lowest BCUT2D eigenvalue weighted by Crippen LogP contribution is -2.47. The highest BCUT2D eigenvalue weighted by atomic mass is 32.2. The van der Waals surface area contributed by atoms with Crippen LogP contribution in [0.3, 0.4) is 0 Å². The number of ether oxygens (including phenoxy) is 2. The van der Waals surface area contributed by atoms with Crippen molar-refractivity contribution in [3.8, 4) is 5.75 Å². The van der Waals surface area contributed by atoms with E-state index >= 15 is 0 Å². The predicted octanol–water partition coefficient (Wildman–Crippen LogP) is 4.63. The van der Waals surface area contributed by atoms with Gasteiger partial charge in [0.1, 0.15) is 17.1 Å². The quantitative estimate of drug-likeness (QED) is 0.789. The number of hydrogen-bond acceptors (Lipinski definition) is 3. The molecule has 0 saturated carbocycles. The molecule has 0 aromatic heterocycles. The monoisotopic (exact) mass is 354 g/mol. The van der Waals surface area contributed by atoms with Crippen LogP contribution in [0.1, 0.15) is 32.3 Å². The summed E-state index contributed by atoms with van der Waals surface area (Å²) in [4.78, 5) is 1.68. The van der Waals surface area contributed by atoms with E-state index in [1.54, 1.807) is 0 Å². The molecule has 2 aromatic carbocycles. The lowest BCUT2D eigenvalue weighted by molar-refractivity contribution is -0.0593. The van der Waals surface area contributed by atoms with E-state index in [-0.39, 0.29) is 17.4 Å². The van der Waals surface area contributed by atoms with Crippen molar-refractivity contribution in [3.63, 3.8) is 0 Å². The van der Waals surface area contributed by atoms with Crippen LogP contribution in [0.2, 0.25) is 0 Å². The summed E-state index contributed by atoms with van der Waals surface area (Å²) in [5.41, 5.74) is 0.737. The Balaban J connectivity index is 1.89. The Hall–Kier alpha value is -2.07. The molecule has 3 nitrogen and oxygen atoms in total. The van der Waals surface area contributed by atoms with Crippen LogP contribution in [0, 0.1) is 5.92 Å². The van der Waals surface area contributed by atoms with E-state index in [2.05, 4.69) is 19.9 Å². The minimum atomic E-state index is -1.26. The first-order valence-electron chi connectivity index (χ1n) is 8.57. The van der Waals surface area contributed by atoms with Gasteiger partial charge in [-0.15, -0.1) is 0 Å². The van der Waals surface area contributed by atoms with Gasteiger partial charge in [-0.1, -0.05) is 36.4 Å². The summed E-state index contributed by atoms with van der Waals surface area (Å²) in [5, 5.41) is 0. The predicted molar refractivity (Wildman–Crippen MR) is 98.9 cm³/mol. The van der Waals surface area contributed by atoms with Crippen LogP contribution in [0.4, 0.5) is 0 Å². The molecule has 4 heteroatoms. The summed E-state index contributed by atoms with van der Waals surface area (Å²) in [6.45, 7) is 6.69. The van der Waals surface area contributed by atoms with Gasteiger partial charge >= 0.3 is 0 Å². The van der Waals surface area contributed by atoms with Crippen LogP contribution in [0.5, 0.6) is 5.75 Å². The van der Waals surface area contributed by atoms with Crippen molar-refractivity contribution < 1.29 is 13.7 Å². The second kappa shape index (κ2) is 6.03. The van der Waals surface area contributed by atoms with E-state index in [0.29, 0.717) is 6.61 Å². The maximum Gasteiger partial charge on any atom is 0.123 e. The van der Waals surface area contributed by atoms with E-state index in [4.69, 9.17) is 9.47 Å². The molecule has 25 heavy (non-hydrogen) atoms. The van der Waals surface area contributed by atoms with Gasteiger partial charge in [0.15, 0.2) is 0 Å². The summed E-state index contributed by atoms with van der Waals surface area (Å²) >= 11 is 0. The SMILES string of the molecule is CC1=C(S(=O)c2ccccc2)[C@@H]2c3ccccc3OC[C@@H]2C(C)(C)O1. The minimum Gasteiger partial charge on any atom is -0.493 e. The van der Waals surface area contributed by atoms with Gasteiger partial charge in [0.05, 0.1) is 22.3 Å². The summed E-state index contributed by atoms with van der Waals surface area (Å²) in [6.07, 6.45) is 0. The molecular formula is C21H22O3S. The number of benzene rings is 2. The van der Waals surface area contributed by atoms with Crippen molar-refractivity contribution in [2.45, 2.75) is 37.2 Å². The van der Waals surface area contributed by atoms with Crippen LogP contribution in [0.25, 0.3) is 0 Å². The van der Waals surface area contributed by atoms with Crippen LogP contribution >= 0.6 is 0 Å². The lowest BCUT2D eigenvalue weighted by Gasteiger charge is -2.47. The molecule has 0 aliphatic carbocycles. The first-order chi connectivity index (χ1) is 12.0. The Kier molecular flexibility index (Phi) is 3.95. The molecule has 2 aliphatic rings. The van der Waals surface area contributed by atoms with Gasteiger partial charge in [-0.2, -0.15) is 0 Å². The van der Waals surface area contributed by atoms with E-state index in [9.17, 15) is 4.21 Å². The van der Waals surface area contributed by atoms with Gasteiger partial charge in [0.25, 0.3) is 0 Å². The Morgan fingerprint density at radius 1 is 1.04 bits per heavy atom. The molecule has 0 saturated heterocycles. The second-order valence-electron chi connectivity index (χ2n) is 7.14. The van der Waals surface area contributed by atoms with Gasteiger partial charge in [0, 0.05) is 22.3 Å². The van der Waals surface area contributed by atoms with Gasteiger partial charge in [-0.3, -0.25) is 0 Å². The number of allylic oxidation sites excluding steroid dienone is 2. The maximum atomic E-state index is 13.4. The van der Waals surface area contributed by atoms with E-state index < -0.39 is 10.8 Å². The third-order valence-electron chi connectivity index (χ3n) is 5.17. The number of para-hydroxylation sites is 1. The molecule has 0 spiro atoms. The summed E-state index contributed by atoms with van der Waals surface area (Å²) in [7, 11) is -1.26. The largest absolute Gasteiger partial charge is 0.493 e. The molecule has 2 aromatic rings. The van der Waals surface area contributed by atoms with Crippen molar-refractivity contribution >= 4 is 10.8 Å². The highest BCUT2D eigenvalue weighted by Gasteiger charge is 2.49. The number of hydrogen-bond donors (Lipinski definition) is 0. The minimum absolute atomic E-state index is 0.0368. The second-order valence-corrected chi connectivity index (χ2v) is 8.59. The fourth-order valence-electron chi connectivity index (χ4n) is 3.94. The normalized spacial score (nSPS) is 25.2. The first-order valence-corrected chi connectivity index (χ1v) is 9.72. The van der Waals surface area contributed by atoms with Crippen molar-refractivity contribution in [3.05, 3.63) is 70.8 Å². The van der Waals surface area contributed by atoms with Crippen LogP contribution < -0.4 is 4.74 Å². The Morgan fingerprint density at radius 3 is 2.48 bits per heavy atom. The molecule has 0 radical (unpaired) electrons. The summed E-state index contributed by atoms with van der Waals surface area (Å²) in [5.74, 6) is 1.81. The van der Waals surface area contributed by atoms with Crippen LogP contribution in [-0.2, 0) is 15.5 Å². The molecule has 2 aliphatic heterocycles. The van der Waals surface area contributed by atoms with Crippen LogP contribution in [0.15, 0.2) is 70.2 Å². The molecule has 130 valence electrons. The van der Waals surface area contributed by atoms with Gasteiger partial charge in [-0.05, 0) is 39.0 Å². The zero-order chi connectivity index (χ0) is 17.6. The van der Waals surface area contributed by atoms with Gasteiger partial charge < -0.3 is 9.47 Å². The van der Waals surface area contributed by atoms with Gasteiger partial charge in [-0.25, -0.2) is 4.21 Å². The third-order valence-corrected chi connectivity index (χ3v) is 6.81. The van der Waals surface area contributed by atoms with E-state index in [1.165, 1.54) is 0 Å². The average molecular weight is 354 g/mol. The number of rotatable bonds is 2. The molecule has 2 heterocycles. The summed E-state index contributed by atoms with van der Waals surface area (Å²) in [6, 6.07) is 17.7. The van der Waals surface area contributed by atoms with Crippen molar-refractivity contribution in [1.29, 1.82) is 0 Å². The molecular weight excluding hydrogens is 332 g/mol. The lowest BCUT2D eigenvalue weighted by atomic mass is 9.73. The Labute approximate surface area is 151 Å². The third kappa shape index (κ3) is 2.69. The van der Waals surface area contributed by atoms with Crippen molar-refractivity contribution in [2.24, 2.45) is 5.92 Å². The highest BCUT2D eigenvalue weighted by molar-refractivity contribution is 7.89. The molecule has 0 N–H and O–H groups in total. The van der Waals surface area contributed by atoms with E-state index in [0.717, 1.165) is 26.9 Å². The summed E-state index contributed by atoms with van der Waals surface area (Å²) < 4.78 is 25.6. The van der Waals surface area contributed by atoms with Gasteiger partial charge in [0.2, 0.25) is 0 Å². The first kappa shape index (κ1) is 16.4. The molecule has 0 bridgehead atoms. The maximum absolute atomic E-state index is 13.4. The topological polar surface area (TPSA) is 35.5 Å². The fraction of sp³-hybridized carbons (Fsp3) is 0.333. The molecule has 3 atom stereocenters. The average Bonchev–Trinajstić information content (AvgIpc) is 2.61. The smallest absolute Gasteiger partial charge is 0.123 e. The Bertz CT molecular complexity index is 854. The fourth-order valence-corrected chi connectivity index (χ4v) is 5.43. The zero-order valence-electron chi connectivity index (χ0n) is 14.7. The zero-order valence-corrected chi connectivity index (χ0v) is 15.5. The molecule has 4 rings (SSSR count). The van der Waals surface area contributed by atoms with E-state index in [1.807, 2.05) is 55.5 Å². The Morgan fingerprint density at radius 2 is 1.72 bits per heavy atom.